The Kier molecular flexibility index (Phi) is 4.05. The van der Waals surface area contributed by atoms with E-state index in [-0.39, 0.29) is 29.3 Å². The number of hydrogen-bond donors (Lipinski definition) is 3. The van der Waals surface area contributed by atoms with Crippen LogP contribution in [0.4, 0.5) is 5.69 Å². The van der Waals surface area contributed by atoms with Crippen molar-refractivity contribution in [1.29, 1.82) is 0 Å². The number of aromatic hydroxyl groups is 1. The van der Waals surface area contributed by atoms with Gasteiger partial charge in [0.25, 0.3) is 0 Å². The van der Waals surface area contributed by atoms with E-state index in [1.807, 2.05) is 0 Å². The number of carbonyl (C=O) groups excluding carboxylic acids is 1. The summed E-state index contributed by atoms with van der Waals surface area (Å²) in [5, 5.41) is 20.9. The fraction of sp³-hybridized carbons (Fsp3) is 0.143. The van der Waals surface area contributed by atoms with Crippen molar-refractivity contribution >= 4 is 17.6 Å². The predicted octanol–water partition coefficient (Wildman–Crippen LogP) is 2.25. The number of carboxylic acid groups (broad SMARTS) is 1. The first-order valence-corrected chi connectivity index (χ1v) is 5.95. The molecule has 1 aromatic carbocycles. The van der Waals surface area contributed by atoms with Gasteiger partial charge in [-0.25, -0.2) is 4.79 Å². The molecule has 20 heavy (non-hydrogen) atoms. The van der Waals surface area contributed by atoms with Crippen molar-refractivity contribution < 1.29 is 24.2 Å². The maximum atomic E-state index is 11.7. The summed E-state index contributed by atoms with van der Waals surface area (Å²) < 4.78 is 5.11. The van der Waals surface area contributed by atoms with Crippen LogP contribution in [-0.4, -0.2) is 22.1 Å². The number of aryl methyl sites for hydroxylation is 1. The maximum Gasteiger partial charge on any atom is 0.335 e. The van der Waals surface area contributed by atoms with Gasteiger partial charge in [0.15, 0.2) is 0 Å². The lowest BCUT2D eigenvalue weighted by Crippen LogP contribution is -2.12. The number of benzene rings is 1. The molecule has 1 aromatic heterocycles. The first-order valence-electron chi connectivity index (χ1n) is 5.95. The van der Waals surface area contributed by atoms with E-state index in [9.17, 15) is 14.7 Å². The largest absolute Gasteiger partial charge is 0.506 e. The zero-order valence-electron chi connectivity index (χ0n) is 10.5. The van der Waals surface area contributed by atoms with Crippen LogP contribution in [-0.2, 0) is 11.2 Å². The number of furan rings is 1. The third-order valence-corrected chi connectivity index (χ3v) is 2.70. The molecular formula is C14H13NO5. The van der Waals surface area contributed by atoms with E-state index in [0.717, 1.165) is 6.07 Å². The van der Waals surface area contributed by atoms with Gasteiger partial charge < -0.3 is 19.9 Å². The minimum atomic E-state index is -1.14. The normalized spacial score (nSPS) is 10.2. The molecule has 6 heteroatoms. The average molecular weight is 275 g/mol. The highest BCUT2D eigenvalue weighted by molar-refractivity contribution is 5.94. The molecule has 2 rings (SSSR count). The number of carbonyl (C=O) groups is 2. The molecule has 0 fully saturated rings. The van der Waals surface area contributed by atoms with E-state index in [1.165, 1.54) is 18.4 Å². The molecule has 0 aliphatic carbocycles. The van der Waals surface area contributed by atoms with E-state index < -0.39 is 5.97 Å². The second-order valence-corrected chi connectivity index (χ2v) is 4.16. The standard InChI is InChI=1S/C14H13NO5/c16-12-8-9(14(18)19)3-5-11(12)15-13(17)6-4-10-2-1-7-20-10/h1-3,5,7-8,16H,4,6H2,(H,15,17)(H,18,19). The Morgan fingerprint density at radius 2 is 2.05 bits per heavy atom. The smallest absolute Gasteiger partial charge is 0.335 e. The van der Waals surface area contributed by atoms with Crippen molar-refractivity contribution in [3.8, 4) is 5.75 Å². The van der Waals surface area contributed by atoms with Gasteiger partial charge in [0.2, 0.25) is 5.91 Å². The van der Waals surface area contributed by atoms with Gasteiger partial charge in [-0.15, -0.1) is 0 Å². The summed E-state index contributed by atoms with van der Waals surface area (Å²) in [6.07, 6.45) is 2.18. The lowest BCUT2D eigenvalue weighted by atomic mass is 10.2. The zero-order chi connectivity index (χ0) is 14.5. The molecule has 1 amide bonds. The van der Waals surface area contributed by atoms with Gasteiger partial charge >= 0.3 is 5.97 Å². The van der Waals surface area contributed by atoms with Crippen molar-refractivity contribution in [3.63, 3.8) is 0 Å². The van der Waals surface area contributed by atoms with Gasteiger partial charge in [-0.1, -0.05) is 0 Å². The van der Waals surface area contributed by atoms with Gasteiger partial charge in [-0.3, -0.25) is 4.79 Å². The number of hydrogen-bond acceptors (Lipinski definition) is 4. The quantitative estimate of drug-likeness (QED) is 0.727. The molecule has 0 aliphatic rings. The van der Waals surface area contributed by atoms with Crippen LogP contribution in [0.1, 0.15) is 22.5 Å². The summed E-state index contributed by atoms with van der Waals surface area (Å²) in [7, 11) is 0. The van der Waals surface area contributed by atoms with Crippen molar-refractivity contribution in [2.75, 3.05) is 5.32 Å². The number of anilines is 1. The first-order chi connectivity index (χ1) is 9.56. The summed E-state index contributed by atoms with van der Waals surface area (Å²) in [4.78, 5) is 22.4. The van der Waals surface area contributed by atoms with Crippen LogP contribution in [0.15, 0.2) is 41.0 Å². The van der Waals surface area contributed by atoms with E-state index in [0.29, 0.717) is 12.2 Å². The third kappa shape index (κ3) is 3.38. The molecule has 0 unspecified atom stereocenters. The van der Waals surface area contributed by atoms with Crippen LogP contribution in [0.5, 0.6) is 5.75 Å². The Balaban J connectivity index is 1.95. The number of amides is 1. The number of rotatable bonds is 5. The highest BCUT2D eigenvalue weighted by atomic mass is 16.4. The lowest BCUT2D eigenvalue weighted by molar-refractivity contribution is -0.116. The van der Waals surface area contributed by atoms with Crippen molar-refractivity contribution in [2.45, 2.75) is 12.8 Å². The van der Waals surface area contributed by atoms with Crippen LogP contribution in [0, 0.1) is 0 Å². The zero-order valence-corrected chi connectivity index (χ0v) is 10.5. The van der Waals surface area contributed by atoms with Crippen LogP contribution >= 0.6 is 0 Å². The van der Waals surface area contributed by atoms with E-state index in [2.05, 4.69) is 5.32 Å². The third-order valence-electron chi connectivity index (χ3n) is 2.70. The molecule has 1 heterocycles. The van der Waals surface area contributed by atoms with Gasteiger partial charge in [-0.2, -0.15) is 0 Å². The summed E-state index contributed by atoms with van der Waals surface area (Å²) in [5.41, 5.74) is 0.135. The number of nitrogens with one attached hydrogen (secondary N) is 1. The molecule has 0 bridgehead atoms. The first kappa shape index (κ1) is 13.7. The Hall–Kier alpha value is -2.76. The molecule has 0 saturated heterocycles. The molecule has 0 atom stereocenters. The van der Waals surface area contributed by atoms with Crippen LogP contribution in [0.2, 0.25) is 0 Å². The number of aromatic carboxylic acids is 1. The average Bonchev–Trinajstić information content (AvgIpc) is 2.91. The van der Waals surface area contributed by atoms with Crippen molar-refractivity contribution in [1.82, 2.24) is 0 Å². The topological polar surface area (TPSA) is 99.8 Å². The van der Waals surface area contributed by atoms with Gasteiger partial charge in [0.05, 0.1) is 17.5 Å². The van der Waals surface area contributed by atoms with Crippen molar-refractivity contribution in [2.24, 2.45) is 0 Å². The summed E-state index contributed by atoms with van der Waals surface area (Å²) in [6, 6.07) is 7.26. The summed E-state index contributed by atoms with van der Waals surface area (Å²) in [5.74, 6) is -1.02. The number of phenols is 1. The molecule has 0 spiro atoms. The van der Waals surface area contributed by atoms with Gasteiger partial charge in [0.1, 0.15) is 11.5 Å². The Labute approximate surface area is 114 Å². The molecule has 0 aliphatic heterocycles. The second kappa shape index (κ2) is 5.92. The van der Waals surface area contributed by atoms with Gasteiger partial charge in [-0.05, 0) is 30.3 Å². The highest BCUT2D eigenvalue weighted by Gasteiger charge is 2.10. The van der Waals surface area contributed by atoms with E-state index in [1.54, 1.807) is 12.1 Å². The predicted molar refractivity (Wildman–Crippen MR) is 70.7 cm³/mol. The maximum absolute atomic E-state index is 11.7. The number of phenolic OH excluding ortho intramolecular Hbond substituents is 1. The molecule has 104 valence electrons. The molecule has 3 N–H and O–H groups in total. The molecule has 0 radical (unpaired) electrons. The van der Waals surface area contributed by atoms with Crippen LogP contribution in [0.25, 0.3) is 0 Å². The fourth-order valence-corrected chi connectivity index (χ4v) is 1.67. The monoisotopic (exact) mass is 275 g/mol. The highest BCUT2D eigenvalue weighted by Crippen LogP contribution is 2.24. The van der Waals surface area contributed by atoms with Crippen LogP contribution < -0.4 is 5.32 Å². The van der Waals surface area contributed by atoms with E-state index >= 15 is 0 Å². The number of carboxylic acids is 1. The van der Waals surface area contributed by atoms with Gasteiger partial charge in [0, 0.05) is 12.8 Å². The second-order valence-electron chi connectivity index (χ2n) is 4.16. The van der Waals surface area contributed by atoms with Crippen molar-refractivity contribution in [3.05, 3.63) is 47.9 Å². The molecule has 0 saturated carbocycles. The Bertz CT molecular complexity index is 618. The Morgan fingerprint density at radius 1 is 1.25 bits per heavy atom. The Morgan fingerprint density at radius 3 is 2.65 bits per heavy atom. The molecular weight excluding hydrogens is 262 g/mol. The molecule has 2 aromatic rings. The van der Waals surface area contributed by atoms with E-state index in [4.69, 9.17) is 9.52 Å². The molecule has 6 nitrogen and oxygen atoms in total. The SMILES string of the molecule is O=C(CCc1ccco1)Nc1ccc(C(=O)O)cc1O. The minimum Gasteiger partial charge on any atom is -0.506 e. The lowest BCUT2D eigenvalue weighted by Gasteiger charge is -2.07. The summed E-state index contributed by atoms with van der Waals surface area (Å²) >= 11 is 0. The minimum absolute atomic E-state index is 0.0453. The fourth-order valence-electron chi connectivity index (χ4n) is 1.67. The summed E-state index contributed by atoms with van der Waals surface area (Å²) in [6.45, 7) is 0. The van der Waals surface area contributed by atoms with Crippen LogP contribution in [0.3, 0.4) is 0 Å².